The van der Waals surface area contributed by atoms with Crippen LogP contribution in [0.2, 0.25) is 0 Å². The molecule has 0 radical (unpaired) electrons. The Morgan fingerprint density at radius 1 is 1.30 bits per heavy atom. The summed E-state index contributed by atoms with van der Waals surface area (Å²) in [4.78, 5) is 25.3. The van der Waals surface area contributed by atoms with Crippen LogP contribution >= 0.6 is 12.4 Å². The molecule has 0 saturated carbocycles. The van der Waals surface area contributed by atoms with Gasteiger partial charge in [0.05, 0.1) is 6.42 Å². The molecule has 0 aliphatic carbocycles. The zero-order valence-electron chi connectivity index (χ0n) is 11.9. The van der Waals surface area contributed by atoms with Gasteiger partial charge in [0.15, 0.2) is 5.78 Å². The summed E-state index contributed by atoms with van der Waals surface area (Å²) < 4.78 is 0. The SMILES string of the molecule is CC(=O)c1ccc(CC(=O)N2CCNC[C@@H]2C)cc1.Cl. The van der Waals surface area contributed by atoms with Gasteiger partial charge in [0.1, 0.15) is 0 Å². The van der Waals surface area contributed by atoms with Crippen molar-refractivity contribution in [2.75, 3.05) is 19.6 Å². The predicted molar refractivity (Wildman–Crippen MR) is 81.4 cm³/mol. The van der Waals surface area contributed by atoms with Crippen LogP contribution in [0, 0.1) is 0 Å². The highest BCUT2D eigenvalue weighted by Crippen LogP contribution is 2.10. The van der Waals surface area contributed by atoms with E-state index in [4.69, 9.17) is 0 Å². The van der Waals surface area contributed by atoms with Crippen LogP contribution in [-0.4, -0.2) is 42.3 Å². The van der Waals surface area contributed by atoms with Crippen molar-refractivity contribution in [2.45, 2.75) is 26.3 Å². The van der Waals surface area contributed by atoms with Gasteiger partial charge in [0.25, 0.3) is 0 Å². The molecule has 2 rings (SSSR count). The van der Waals surface area contributed by atoms with Crippen LogP contribution < -0.4 is 5.32 Å². The number of hydrogen-bond acceptors (Lipinski definition) is 3. The van der Waals surface area contributed by atoms with E-state index in [-0.39, 0.29) is 30.1 Å². The Morgan fingerprint density at radius 3 is 2.50 bits per heavy atom. The van der Waals surface area contributed by atoms with E-state index >= 15 is 0 Å². The summed E-state index contributed by atoms with van der Waals surface area (Å²) in [5.74, 6) is 0.207. The first kappa shape index (κ1) is 16.7. The number of Topliss-reactive ketones (excluding diaryl/α,β-unsaturated/α-hetero) is 1. The molecule has 1 N–H and O–H groups in total. The van der Waals surface area contributed by atoms with Gasteiger partial charge >= 0.3 is 0 Å². The van der Waals surface area contributed by atoms with Crippen LogP contribution in [-0.2, 0) is 11.2 Å². The summed E-state index contributed by atoms with van der Waals surface area (Å²) in [5, 5.41) is 3.27. The molecule has 20 heavy (non-hydrogen) atoms. The molecule has 0 bridgehead atoms. The van der Waals surface area contributed by atoms with E-state index in [0.29, 0.717) is 12.0 Å². The lowest BCUT2D eigenvalue weighted by molar-refractivity contribution is -0.133. The smallest absolute Gasteiger partial charge is 0.227 e. The second-order valence-corrected chi connectivity index (χ2v) is 5.07. The third-order valence-electron chi connectivity index (χ3n) is 3.54. The lowest BCUT2D eigenvalue weighted by Gasteiger charge is -2.34. The molecule has 110 valence electrons. The minimum atomic E-state index is 0. The molecule has 1 atom stereocenters. The number of rotatable bonds is 3. The molecule has 1 fully saturated rings. The fourth-order valence-electron chi connectivity index (χ4n) is 2.35. The van der Waals surface area contributed by atoms with E-state index in [0.717, 1.165) is 25.2 Å². The van der Waals surface area contributed by atoms with Gasteiger partial charge in [-0.3, -0.25) is 9.59 Å². The number of carbonyl (C=O) groups is 2. The minimum absolute atomic E-state index is 0. The second kappa shape index (κ2) is 7.41. The summed E-state index contributed by atoms with van der Waals surface area (Å²) >= 11 is 0. The highest BCUT2D eigenvalue weighted by molar-refractivity contribution is 5.94. The first-order valence-electron chi connectivity index (χ1n) is 6.68. The molecule has 1 aromatic rings. The van der Waals surface area contributed by atoms with Crippen LogP contribution in [0.5, 0.6) is 0 Å². The van der Waals surface area contributed by atoms with Gasteiger partial charge in [-0.25, -0.2) is 0 Å². The van der Waals surface area contributed by atoms with Gasteiger partial charge in [0, 0.05) is 31.2 Å². The first-order valence-corrected chi connectivity index (χ1v) is 6.68. The van der Waals surface area contributed by atoms with Crippen molar-refractivity contribution >= 4 is 24.1 Å². The van der Waals surface area contributed by atoms with Crippen LogP contribution in [0.25, 0.3) is 0 Å². The summed E-state index contributed by atoms with van der Waals surface area (Å²) in [6.07, 6.45) is 0.405. The Labute approximate surface area is 125 Å². The van der Waals surface area contributed by atoms with Gasteiger partial charge < -0.3 is 10.2 Å². The number of amides is 1. The van der Waals surface area contributed by atoms with Gasteiger partial charge in [0.2, 0.25) is 5.91 Å². The molecule has 1 amide bonds. The molecule has 0 unspecified atom stereocenters. The van der Waals surface area contributed by atoms with Gasteiger partial charge in [-0.05, 0) is 19.4 Å². The predicted octanol–water partition coefficient (Wildman–Crippen LogP) is 1.67. The summed E-state index contributed by atoms with van der Waals surface area (Å²) in [6.45, 7) is 6.09. The van der Waals surface area contributed by atoms with E-state index in [1.54, 1.807) is 19.1 Å². The normalized spacial score (nSPS) is 18.3. The lowest BCUT2D eigenvalue weighted by Crippen LogP contribution is -2.52. The molecule has 1 heterocycles. The highest BCUT2D eigenvalue weighted by Gasteiger charge is 2.22. The molecule has 1 aliphatic heterocycles. The van der Waals surface area contributed by atoms with Gasteiger partial charge in [-0.1, -0.05) is 24.3 Å². The van der Waals surface area contributed by atoms with Crippen LogP contribution in [0.1, 0.15) is 29.8 Å². The number of nitrogens with zero attached hydrogens (tertiary/aromatic N) is 1. The van der Waals surface area contributed by atoms with Crippen molar-refractivity contribution in [3.63, 3.8) is 0 Å². The average Bonchev–Trinajstić information content (AvgIpc) is 2.39. The Hall–Kier alpha value is -1.39. The maximum atomic E-state index is 12.2. The minimum Gasteiger partial charge on any atom is -0.337 e. The maximum absolute atomic E-state index is 12.2. The van der Waals surface area contributed by atoms with Gasteiger partial charge in [-0.2, -0.15) is 0 Å². The zero-order chi connectivity index (χ0) is 13.8. The van der Waals surface area contributed by atoms with E-state index in [2.05, 4.69) is 12.2 Å². The largest absolute Gasteiger partial charge is 0.337 e. The third-order valence-corrected chi connectivity index (χ3v) is 3.54. The van der Waals surface area contributed by atoms with Crippen molar-refractivity contribution in [1.29, 1.82) is 0 Å². The summed E-state index contributed by atoms with van der Waals surface area (Å²) in [6, 6.07) is 7.54. The monoisotopic (exact) mass is 296 g/mol. The van der Waals surface area contributed by atoms with Crippen LogP contribution in [0.3, 0.4) is 0 Å². The average molecular weight is 297 g/mol. The molecule has 1 saturated heterocycles. The molecule has 1 aliphatic rings. The van der Waals surface area contributed by atoms with Crippen molar-refractivity contribution < 1.29 is 9.59 Å². The topological polar surface area (TPSA) is 49.4 Å². The number of piperazine rings is 1. The Balaban J connectivity index is 0.00000200. The first-order chi connectivity index (χ1) is 9.08. The Kier molecular flexibility index (Phi) is 6.17. The van der Waals surface area contributed by atoms with Crippen LogP contribution in [0.4, 0.5) is 0 Å². The standard InChI is InChI=1S/C15H20N2O2.ClH/c1-11-10-16-7-8-17(11)15(19)9-13-3-5-14(6-4-13)12(2)18;/h3-6,11,16H,7-10H2,1-2H3;1H/t11-;/m0./s1. The quantitative estimate of drug-likeness (QED) is 0.863. The number of benzene rings is 1. The number of nitrogens with one attached hydrogen (secondary N) is 1. The maximum Gasteiger partial charge on any atom is 0.227 e. The molecule has 0 spiro atoms. The van der Waals surface area contributed by atoms with Gasteiger partial charge in [-0.15, -0.1) is 12.4 Å². The molecule has 0 aromatic heterocycles. The Bertz CT molecular complexity index is 473. The van der Waals surface area contributed by atoms with E-state index in [1.165, 1.54) is 0 Å². The third kappa shape index (κ3) is 4.05. The van der Waals surface area contributed by atoms with E-state index in [1.807, 2.05) is 17.0 Å². The fraction of sp³-hybridized carbons (Fsp3) is 0.467. The van der Waals surface area contributed by atoms with E-state index < -0.39 is 0 Å². The van der Waals surface area contributed by atoms with E-state index in [9.17, 15) is 9.59 Å². The van der Waals surface area contributed by atoms with Crippen molar-refractivity contribution in [2.24, 2.45) is 0 Å². The molecule has 4 nitrogen and oxygen atoms in total. The second-order valence-electron chi connectivity index (χ2n) is 5.07. The van der Waals surface area contributed by atoms with Crippen molar-refractivity contribution in [1.82, 2.24) is 10.2 Å². The molecular weight excluding hydrogens is 276 g/mol. The molecule has 5 heteroatoms. The van der Waals surface area contributed by atoms with Crippen molar-refractivity contribution in [3.8, 4) is 0 Å². The number of halogens is 1. The Morgan fingerprint density at radius 2 is 1.95 bits per heavy atom. The number of carbonyl (C=O) groups excluding carboxylic acids is 2. The zero-order valence-corrected chi connectivity index (χ0v) is 12.7. The summed E-state index contributed by atoms with van der Waals surface area (Å²) in [5.41, 5.74) is 1.65. The summed E-state index contributed by atoms with van der Waals surface area (Å²) in [7, 11) is 0. The fourth-order valence-corrected chi connectivity index (χ4v) is 2.35. The number of ketones is 1. The van der Waals surface area contributed by atoms with Crippen LogP contribution in [0.15, 0.2) is 24.3 Å². The molecular formula is C15H21ClN2O2. The molecule has 1 aromatic carbocycles. The lowest BCUT2D eigenvalue weighted by atomic mass is 10.1. The highest BCUT2D eigenvalue weighted by atomic mass is 35.5. The number of hydrogen-bond donors (Lipinski definition) is 1. The van der Waals surface area contributed by atoms with Crippen molar-refractivity contribution in [3.05, 3.63) is 35.4 Å².